The minimum absolute atomic E-state index is 0.239. The third-order valence-electron chi connectivity index (χ3n) is 2.34. The molecule has 0 aliphatic rings. The molecular formula is C13H14N2O2. The second-order valence-corrected chi connectivity index (χ2v) is 3.66. The van der Waals surface area contributed by atoms with Crippen molar-refractivity contribution in [2.45, 2.75) is 6.54 Å². The number of hydrogen-bond acceptors (Lipinski definition) is 3. The fourth-order valence-electron chi connectivity index (χ4n) is 1.51. The van der Waals surface area contributed by atoms with Crippen molar-refractivity contribution in [3.8, 4) is 0 Å². The van der Waals surface area contributed by atoms with E-state index in [1.54, 1.807) is 12.1 Å². The van der Waals surface area contributed by atoms with Gasteiger partial charge in [0.25, 0.3) is 5.91 Å². The third kappa shape index (κ3) is 2.95. The highest BCUT2D eigenvalue weighted by atomic mass is 16.3. The van der Waals surface area contributed by atoms with Crippen LogP contribution in [0.5, 0.6) is 0 Å². The van der Waals surface area contributed by atoms with E-state index < -0.39 is 0 Å². The number of carbonyl (C=O) groups excluding carboxylic acids is 1. The Morgan fingerprint density at radius 2 is 2.00 bits per heavy atom. The van der Waals surface area contributed by atoms with Gasteiger partial charge in [-0.3, -0.25) is 4.79 Å². The molecule has 4 nitrogen and oxygen atoms in total. The van der Waals surface area contributed by atoms with Gasteiger partial charge in [-0.05, 0) is 36.9 Å². The summed E-state index contributed by atoms with van der Waals surface area (Å²) in [5.41, 5.74) is 1.93. The lowest BCUT2D eigenvalue weighted by Gasteiger charge is -2.04. The van der Waals surface area contributed by atoms with Crippen molar-refractivity contribution in [2.24, 2.45) is 0 Å². The summed E-state index contributed by atoms with van der Waals surface area (Å²) in [5.74, 6) is 0.0701. The predicted octanol–water partition coefficient (Wildman–Crippen LogP) is 2.25. The van der Waals surface area contributed by atoms with Crippen molar-refractivity contribution in [1.29, 1.82) is 0 Å². The molecule has 0 spiro atoms. The van der Waals surface area contributed by atoms with Gasteiger partial charge in [-0.1, -0.05) is 12.1 Å². The first-order valence-electron chi connectivity index (χ1n) is 5.38. The summed E-state index contributed by atoms with van der Waals surface area (Å²) in [4.78, 5) is 11.7. The number of anilines is 1. The lowest BCUT2D eigenvalue weighted by molar-refractivity contribution is 0.0996. The molecule has 0 aliphatic heterocycles. The zero-order valence-corrected chi connectivity index (χ0v) is 9.57. The smallest absolute Gasteiger partial charge is 0.291 e. The fourth-order valence-corrected chi connectivity index (χ4v) is 1.51. The highest BCUT2D eigenvalue weighted by Gasteiger charge is 2.07. The van der Waals surface area contributed by atoms with Crippen LogP contribution in [-0.4, -0.2) is 13.0 Å². The summed E-state index contributed by atoms with van der Waals surface area (Å²) in [6.45, 7) is 0.812. The molecule has 1 heterocycles. The van der Waals surface area contributed by atoms with E-state index >= 15 is 0 Å². The monoisotopic (exact) mass is 230 g/mol. The first-order valence-corrected chi connectivity index (χ1v) is 5.38. The van der Waals surface area contributed by atoms with Gasteiger partial charge in [-0.15, -0.1) is 0 Å². The topological polar surface area (TPSA) is 54.3 Å². The van der Waals surface area contributed by atoms with Crippen molar-refractivity contribution in [3.63, 3.8) is 0 Å². The minimum atomic E-state index is -0.239. The van der Waals surface area contributed by atoms with Crippen molar-refractivity contribution < 1.29 is 9.21 Å². The Balaban J connectivity index is 2.01. The Morgan fingerprint density at radius 3 is 2.59 bits per heavy atom. The van der Waals surface area contributed by atoms with E-state index in [-0.39, 0.29) is 5.91 Å². The molecular weight excluding hydrogens is 216 g/mol. The molecule has 0 saturated carbocycles. The van der Waals surface area contributed by atoms with Gasteiger partial charge in [-0.25, -0.2) is 0 Å². The first kappa shape index (κ1) is 11.4. The molecule has 1 aromatic heterocycles. The van der Waals surface area contributed by atoms with Crippen LogP contribution in [0, 0.1) is 0 Å². The second kappa shape index (κ2) is 5.32. The molecule has 0 fully saturated rings. The molecule has 4 heteroatoms. The summed E-state index contributed by atoms with van der Waals surface area (Å²) in [7, 11) is 1.90. The Morgan fingerprint density at radius 1 is 1.24 bits per heavy atom. The average molecular weight is 230 g/mol. The standard InChI is InChI=1S/C13H14N2O2/c1-14-9-10-4-6-11(7-5-10)15-13(16)12-3-2-8-17-12/h2-8,14H,9H2,1H3,(H,15,16). The van der Waals surface area contributed by atoms with Gasteiger partial charge < -0.3 is 15.1 Å². The number of nitrogens with one attached hydrogen (secondary N) is 2. The Labute approximate surface area is 99.6 Å². The highest BCUT2D eigenvalue weighted by Crippen LogP contribution is 2.11. The zero-order chi connectivity index (χ0) is 12.1. The van der Waals surface area contributed by atoms with Gasteiger partial charge >= 0.3 is 0 Å². The number of furan rings is 1. The van der Waals surface area contributed by atoms with Crippen LogP contribution in [0.4, 0.5) is 5.69 Å². The maximum absolute atomic E-state index is 11.7. The lowest BCUT2D eigenvalue weighted by atomic mass is 10.2. The molecule has 0 bridgehead atoms. The molecule has 1 aromatic carbocycles. The van der Waals surface area contributed by atoms with Crippen LogP contribution in [0.2, 0.25) is 0 Å². The van der Waals surface area contributed by atoms with Crippen LogP contribution in [0.15, 0.2) is 47.1 Å². The average Bonchev–Trinajstić information content (AvgIpc) is 2.86. The number of carbonyl (C=O) groups is 1. The number of benzene rings is 1. The summed E-state index contributed by atoms with van der Waals surface area (Å²) in [5, 5.41) is 5.82. The molecule has 2 aromatic rings. The Bertz CT molecular complexity index is 475. The van der Waals surface area contributed by atoms with Crippen LogP contribution in [0.3, 0.4) is 0 Å². The van der Waals surface area contributed by atoms with Crippen molar-refractivity contribution in [2.75, 3.05) is 12.4 Å². The molecule has 17 heavy (non-hydrogen) atoms. The number of hydrogen-bond donors (Lipinski definition) is 2. The van der Waals surface area contributed by atoms with Crippen molar-refractivity contribution >= 4 is 11.6 Å². The molecule has 0 atom stereocenters. The van der Waals surface area contributed by atoms with Gasteiger partial charge in [0, 0.05) is 12.2 Å². The van der Waals surface area contributed by atoms with Gasteiger partial charge in [0.2, 0.25) is 0 Å². The van der Waals surface area contributed by atoms with E-state index in [1.807, 2.05) is 31.3 Å². The highest BCUT2D eigenvalue weighted by molar-refractivity contribution is 6.02. The first-order chi connectivity index (χ1) is 8.29. The van der Waals surface area contributed by atoms with E-state index in [2.05, 4.69) is 10.6 Å². The molecule has 0 radical (unpaired) electrons. The van der Waals surface area contributed by atoms with Gasteiger partial charge in [0.1, 0.15) is 0 Å². The van der Waals surface area contributed by atoms with E-state index in [9.17, 15) is 4.79 Å². The van der Waals surface area contributed by atoms with E-state index in [1.165, 1.54) is 11.8 Å². The summed E-state index contributed by atoms with van der Waals surface area (Å²) < 4.78 is 5.01. The molecule has 1 amide bonds. The third-order valence-corrected chi connectivity index (χ3v) is 2.34. The van der Waals surface area contributed by atoms with Crippen LogP contribution in [-0.2, 0) is 6.54 Å². The van der Waals surface area contributed by atoms with Gasteiger partial charge in [0.05, 0.1) is 6.26 Å². The molecule has 2 rings (SSSR count). The molecule has 2 N–H and O–H groups in total. The summed E-state index contributed by atoms with van der Waals surface area (Å²) >= 11 is 0. The molecule has 0 aliphatic carbocycles. The predicted molar refractivity (Wildman–Crippen MR) is 65.9 cm³/mol. The number of amides is 1. The zero-order valence-electron chi connectivity index (χ0n) is 9.57. The number of rotatable bonds is 4. The normalized spacial score (nSPS) is 10.2. The summed E-state index contributed by atoms with van der Waals surface area (Å²) in [6.07, 6.45) is 1.48. The quantitative estimate of drug-likeness (QED) is 0.847. The van der Waals surface area contributed by atoms with Gasteiger partial charge in [0.15, 0.2) is 5.76 Å². The molecule has 88 valence electrons. The minimum Gasteiger partial charge on any atom is -0.459 e. The maximum atomic E-state index is 11.7. The molecule has 0 saturated heterocycles. The molecule has 0 unspecified atom stereocenters. The van der Waals surface area contributed by atoms with E-state index in [0.29, 0.717) is 5.76 Å². The van der Waals surface area contributed by atoms with Crippen LogP contribution in [0.1, 0.15) is 16.1 Å². The Hall–Kier alpha value is -2.07. The van der Waals surface area contributed by atoms with Gasteiger partial charge in [-0.2, -0.15) is 0 Å². The Kier molecular flexibility index (Phi) is 3.57. The summed E-state index contributed by atoms with van der Waals surface area (Å²) in [6, 6.07) is 11.0. The largest absolute Gasteiger partial charge is 0.459 e. The second-order valence-electron chi connectivity index (χ2n) is 3.66. The van der Waals surface area contributed by atoms with Crippen LogP contribution >= 0.6 is 0 Å². The SMILES string of the molecule is CNCc1ccc(NC(=O)c2ccco2)cc1. The van der Waals surface area contributed by atoms with E-state index in [0.717, 1.165) is 12.2 Å². The van der Waals surface area contributed by atoms with Crippen LogP contribution < -0.4 is 10.6 Å². The fraction of sp³-hybridized carbons (Fsp3) is 0.154. The van der Waals surface area contributed by atoms with Crippen LogP contribution in [0.25, 0.3) is 0 Å². The lowest BCUT2D eigenvalue weighted by Crippen LogP contribution is -2.11. The van der Waals surface area contributed by atoms with Crippen molar-refractivity contribution in [3.05, 3.63) is 54.0 Å². The maximum Gasteiger partial charge on any atom is 0.291 e. The van der Waals surface area contributed by atoms with Crippen molar-refractivity contribution in [1.82, 2.24) is 5.32 Å². The van der Waals surface area contributed by atoms with E-state index in [4.69, 9.17) is 4.42 Å².